The third-order valence-electron chi connectivity index (χ3n) is 5.38. The summed E-state index contributed by atoms with van der Waals surface area (Å²) in [5.74, 6) is -1.07. The highest BCUT2D eigenvalue weighted by atomic mass is 35.5. The maximum atomic E-state index is 12.0. The zero-order valence-corrected chi connectivity index (χ0v) is 15.3. The average molecular weight is 378 g/mol. The highest BCUT2D eigenvalue weighted by Gasteiger charge is 2.51. The van der Waals surface area contributed by atoms with Crippen LogP contribution in [0, 0.1) is 0 Å². The largest absolute Gasteiger partial charge is 0.543 e. The van der Waals surface area contributed by atoms with E-state index in [1.807, 2.05) is 0 Å². The number of aliphatic hydroxyl groups excluding tert-OH is 1. The van der Waals surface area contributed by atoms with Gasteiger partial charge in [-0.15, -0.1) is 24.2 Å². The minimum atomic E-state index is -1.30. The van der Waals surface area contributed by atoms with Crippen LogP contribution in [0.4, 0.5) is 0 Å². The van der Waals surface area contributed by atoms with E-state index in [2.05, 4.69) is 7.05 Å². The number of amides is 1. The molecule has 0 aromatic carbocycles. The number of nitrogens with two attached hydrogens (primary N) is 1. The molecule has 0 spiro atoms. The summed E-state index contributed by atoms with van der Waals surface area (Å²) < 4.78 is 0.714. The number of β-lactam (4-membered cyclic amide) rings is 1. The Kier molecular flexibility index (Phi) is 5.87. The van der Waals surface area contributed by atoms with Crippen molar-refractivity contribution in [3.8, 4) is 0 Å². The Labute approximate surface area is 151 Å². The van der Waals surface area contributed by atoms with Gasteiger partial charge in [0.1, 0.15) is 18.0 Å². The normalized spacial score (nSPS) is 35.4. The molecule has 4 atom stereocenters. The van der Waals surface area contributed by atoms with Crippen LogP contribution in [0.2, 0.25) is 0 Å². The van der Waals surface area contributed by atoms with E-state index in [9.17, 15) is 19.8 Å². The third kappa shape index (κ3) is 3.06. The predicted molar refractivity (Wildman–Crippen MR) is 91.0 cm³/mol. The molecule has 3 heterocycles. The number of quaternary nitrogens is 1. The summed E-state index contributed by atoms with van der Waals surface area (Å²) in [6, 6.07) is -0.290. The van der Waals surface area contributed by atoms with Crippen LogP contribution < -0.4 is 10.8 Å². The number of likely N-dealkylation sites (N-methyl/N-ethyl adjacent to an activating group) is 1. The van der Waals surface area contributed by atoms with Gasteiger partial charge in [0, 0.05) is 37.2 Å². The highest BCUT2D eigenvalue weighted by molar-refractivity contribution is 8.00. The second-order valence-electron chi connectivity index (χ2n) is 6.84. The Morgan fingerprint density at radius 2 is 2.25 bits per heavy atom. The first-order valence-electron chi connectivity index (χ1n) is 7.98. The monoisotopic (exact) mass is 377 g/mol. The molecular formula is C15H24ClN3O4S. The van der Waals surface area contributed by atoms with Gasteiger partial charge in [-0.25, -0.2) is 0 Å². The van der Waals surface area contributed by atoms with Crippen molar-refractivity contribution < 1.29 is 24.3 Å². The molecule has 0 radical (unpaired) electrons. The zero-order chi connectivity index (χ0) is 16.8. The number of nitrogens with zero attached hydrogens (tertiary/aromatic N) is 2. The molecule has 2 saturated heterocycles. The molecule has 24 heavy (non-hydrogen) atoms. The Morgan fingerprint density at radius 1 is 1.54 bits per heavy atom. The molecule has 3 rings (SSSR count). The van der Waals surface area contributed by atoms with Crippen LogP contribution in [0.3, 0.4) is 0 Å². The number of hydrogen-bond donors (Lipinski definition) is 2. The number of carboxylic acid groups (broad SMARTS) is 1. The molecule has 3 aliphatic rings. The van der Waals surface area contributed by atoms with E-state index in [0.29, 0.717) is 29.2 Å². The molecule has 0 saturated carbocycles. The molecule has 0 bridgehead atoms. The molecule has 0 aromatic heterocycles. The van der Waals surface area contributed by atoms with Gasteiger partial charge < -0.3 is 25.2 Å². The highest BCUT2D eigenvalue weighted by Crippen LogP contribution is 2.40. The molecule has 1 amide bonds. The summed E-state index contributed by atoms with van der Waals surface area (Å²) in [6.45, 7) is 1.67. The fraction of sp³-hybridized carbons (Fsp3) is 0.733. The molecule has 0 aromatic rings. The van der Waals surface area contributed by atoms with Gasteiger partial charge in [-0.05, 0) is 0 Å². The van der Waals surface area contributed by atoms with Crippen molar-refractivity contribution in [2.45, 2.75) is 36.7 Å². The van der Waals surface area contributed by atoms with Gasteiger partial charge in [-0.2, -0.15) is 0 Å². The summed E-state index contributed by atoms with van der Waals surface area (Å²) in [4.78, 5) is 24.9. The number of likely N-dealkylation sites (tertiary alicyclic amines) is 1. The van der Waals surface area contributed by atoms with Crippen molar-refractivity contribution >= 4 is 36.0 Å². The SMILES string of the molecule is C[N+]1(CC2=C(C(=O)[O-])N3C(=O)C(N)[C@H]3SC2)CCCC1CCO.Cl. The summed E-state index contributed by atoms with van der Waals surface area (Å²) in [5, 5.41) is 20.6. The van der Waals surface area contributed by atoms with Gasteiger partial charge in [0.2, 0.25) is 5.91 Å². The Hall–Kier alpha value is -0.800. The van der Waals surface area contributed by atoms with E-state index in [1.165, 1.54) is 16.7 Å². The average Bonchev–Trinajstić information content (AvgIpc) is 2.87. The fourth-order valence-electron chi connectivity index (χ4n) is 4.12. The molecule has 9 heteroatoms. The van der Waals surface area contributed by atoms with Crippen molar-refractivity contribution in [2.75, 3.05) is 32.5 Å². The topological polar surface area (TPSA) is 107 Å². The number of carboxylic acids is 1. The lowest BCUT2D eigenvalue weighted by Gasteiger charge is -2.50. The van der Waals surface area contributed by atoms with Crippen LogP contribution in [-0.4, -0.2) is 76.3 Å². The van der Waals surface area contributed by atoms with Crippen molar-refractivity contribution in [1.29, 1.82) is 0 Å². The van der Waals surface area contributed by atoms with E-state index in [1.54, 1.807) is 0 Å². The lowest BCUT2D eigenvalue weighted by atomic mass is 10.0. The van der Waals surface area contributed by atoms with Crippen molar-refractivity contribution in [3.05, 3.63) is 11.3 Å². The summed E-state index contributed by atoms with van der Waals surface area (Å²) >= 11 is 1.52. The van der Waals surface area contributed by atoms with Gasteiger partial charge in [-0.3, -0.25) is 9.69 Å². The lowest BCUT2D eigenvalue weighted by Crippen LogP contribution is -2.69. The quantitative estimate of drug-likeness (QED) is 0.453. The number of thioether (sulfide) groups is 1. The summed E-state index contributed by atoms with van der Waals surface area (Å²) in [5.41, 5.74) is 6.53. The minimum absolute atomic E-state index is 0. The van der Waals surface area contributed by atoms with Crippen LogP contribution in [0.25, 0.3) is 0 Å². The number of aliphatic carboxylic acids is 1. The molecule has 136 valence electrons. The number of rotatable bonds is 5. The Morgan fingerprint density at radius 3 is 2.88 bits per heavy atom. The van der Waals surface area contributed by atoms with E-state index >= 15 is 0 Å². The zero-order valence-electron chi connectivity index (χ0n) is 13.6. The van der Waals surface area contributed by atoms with Gasteiger partial charge >= 0.3 is 0 Å². The Balaban J connectivity index is 0.00000208. The first kappa shape index (κ1) is 19.5. The first-order chi connectivity index (χ1) is 10.9. The summed E-state index contributed by atoms with van der Waals surface area (Å²) in [6.07, 6.45) is 2.82. The maximum absolute atomic E-state index is 12.0. The van der Waals surface area contributed by atoms with E-state index in [-0.39, 0.29) is 36.0 Å². The number of fused-ring (bicyclic) bond motifs is 1. The number of aliphatic hydroxyl groups is 1. The van der Waals surface area contributed by atoms with Crippen LogP contribution in [0.1, 0.15) is 19.3 Å². The smallest absolute Gasteiger partial charge is 0.248 e. The molecule has 3 N–H and O–H groups in total. The molecule has 2 fully saturated rings. The Bertz CT molecular complexity index is 573. The van der Waals surface area contributed by atoms with E-state index in [0.717, 1.165) is 25.0 Å². The van der Waals surface area contributed by atoms with Gasteiger partial charge in [0.15, 0.2) is 0 Å². The number of hydrogen-bond acceptors (Lipinski definition) is 6. The van der Waals surface area contributed by atoms with Crippen LogP contribution in [0.15, 0.2) is 11.3 Å². The molecule has 3 unspecified atom stereocenters. The molecule has 7 nitrogen and oxygen atoms in total. The van der Waals surface area contributed by atoms with Crippen molar-refractivity contribution in [3.63, 3.8) is 0 Å². The predicted octanol–water partition coefficient (Wildman–Crippen LogP) is -1.35. The van der Waals surface area contributed by atoms with E-state index in [4.69, 9.17) is 5.73 Å². The minimum Gasteiger partial charge on any atom is -0.543 e. The number of carbonyl (C=O) groups is 2. The van der Waals surface area contributed by atoms with E-state index < -0.39 is 12.0 Å². The third-order valence-corrected chi connectivity index (χ3v) is 6.74. The molecule has 0 aliphatic carbocycles. The fourth-order valence-corrected chi connectivity index (χ4v) is 5.40. The number of carbonyl (C=O) groups excluding carboxylic acids is 2. The van der Waals surface area contributed by atoms with Crippen molar-refractivity contribution in [1.82, 2.24) is 4.90 Å². The standard InChI is InChI=1S/C15H23N3O4S.ClH/c1-18(5-2-3-10(18)4-6-19)7-9-8-23-14-11(16)13(20)17(14)12(9)15(21)22;/h10-11,14,19H,2-8,16H2,1H3;1H/t10?,11?,14-,18?;/m1./s1. The summed E-state index contributed by atoms with van der Waals surface area (Å²) in [7, 11) is 2.10. The second kappa shape index (κ2) is 7.21. The van der Waals surface area contributed by atoms with Gasteiger partial charge in [0.05, 0.1) is 31.3 Å². The van der Waals surface area contributed by atoms with Gasteiger partial charge in [0.25, 0.3) is 0 Å². The van der Waals surface area contributed by atoms with Crippen LogP contribution in [-0.2, 0) is 9.59 Å². The second-order valence-corrected chi connectivity index (χ2v) is 7.95. The van der Waals surface area contributed by atoms with Gasteiger partial charge in [-0.1, -0.05) is 0 Å². The maximum Gasteiger partial charge on any atom is 0.248 e. The van der Waals surface area contributed by atoms with Crippen molar-refractivity contribution in [2.24, 2.45) is 5.73 Å². The lowest BCUT2D eigenvalue weighted by molar-refractivity contribution is -0.917. The molecular weight excluding hydrogens is 354 g/mol. The number of halogens is 1. The molecule has 3 aliphatic heterocycles. The van der Waals surface area contributed by atoms with Crippen LogP contribution in [0.5, 0.6) is 0 Å². The first-order valence-corrected chi connectivity index (χ1v) is 9.02. The van der Waals surface area contributed by atoms with Crippen LogP contribution >= 0.6 is 24.2 Å².